The van der Waals surface area contributed by atoms with Crippen molar-refractivity contribution in [1.29, 1.82) is 0 Å². The Balaban J connectivity index is 1.69. The summed E-state index contributed by atoms with van der Waals surface area (Å²) in [6.07, 6.45) is 5.20. The smallest absolute Gasteiger partial charge is 0.234 e. The summed E-state index contributed by atoms with van der Waals surface area (Å²) in [6, 6.07) is 8.88. The van der Waals surface area contributed by atoms with Crippen molar-refractivity contribution >= 4 is 17.7 Å². The maximum atomic E-state index is 13.1. The van der Waals surface area contributed by atoms with Gasteiger partial charge in [0.05, 0.1) is 24.3 Å². The van der Waals surface area contributed by atoms with Crippen molar-refractivity contribution in [2.75, 3.05) is 14.1 Å². The largest absolute Gasteiger partial charge is 0.349 e. The molecule has 25 heavy (non-hydrogen) atoms. The Labute approximate surface area is 147 Å². The molecule has 5 nitrogen and oxygen atoms in total. The third-order valence-electron chi connectivity index (χ3n) is 5.87. The predicted molar refractivity (Wildman–Crippen MR) is 92.1 cm³/mol. The topological polar surface area (TPSA) is 57.7 Å². The Kier molecular flexibility index (Phi) is 3.74. The summed E-state index contributed by atoms with van der Waals surface area (Å²) >= 11 is 0. The quantitative estimate of drug-likeness (QED) is 0.623. The highest BCUT2D eigenvalue weighted by Crippen LogP contribution is 2.54. The molecule has 2 aliphatic carbocycles. The van der Waals surface area contributed by atoms with Crippen molar-refractivity contribution in [2.24, 2.45) is 23.7 Å². The number of imide groups is 1. The van der Waals surface area contributed by atoms with Crippen LogP contribution in [0.15, 0.2) is 42.5 Å². The van der Waals surface area contributed by atoms with E-state index >= 15 is 0 Å². The van der Waals surface area contributed by atoms with Gasteiger partial charge in [-0.3, -0.25) is 19.3 Å². The van der Waals surface area contributed by atoms with Crippen LogP contribution in [0.2, 0.25) is 0 Å². The van der Waals surface area contributed by atoms with Gasteiger partial charge in [0.15, 0.2) is 0 Å². The maximum Gasteiger partial charge on any atom is 0.234 e. The fourth-order valence-corrected chi connectivity index (χ4v) is 4.61. The van der Waals surface area contributed by atoms with Gasteiger partial charge in [-0.2, -0.15) is 0 Å². The summed E-state index contributed by atoms with van der Waals surface area (Å²) < 4.78 is 0. The van der Waals surface area contributed by atoms with Gasteiger partial charge < -0.3 is 4.90 Å². The Hall–Kier alpha value is -2.43. The van der Waals surface area contributed by atoms with Gasteiger partial charge in [-0.25, -0.2) is 0 Å². The molecule has 3 aliphatic rings. The van der Waals surface area contributed by atoms with Crippen molar-refractivity contribution < 1.29 is 14.4 Å². The number of fused-ring (bicyclic) bond motifs is 5. The molecule has 1 saturated carbocycles. The summed E-state index contributed by atoms with van der Waals surface area (Å²) in [4.78, 5) is 41.4. The number of carbonyl (C=O) groups is 3. The SMILES string of the molecule is CN(C)C(=O)CC(c1ccccc1)N1C(=O)C2C3C=CC(C3)C2C1=O. The number of amides is 3. The third-order valence-corrected chi connectivity index (χ3v) is 5.87. The van der Waals surface area contributed by atoms with E-state index in [9.17, 15) is 14.4 Å². The molecule has 1 aromatic rings. The molecular formula is C20H22N2O3. The molecule has 1 heterocycles. The molecule has 0 aromatic heterocycles. The van der Waals surface area contributed by atoms with Crippen LogP contribution in [0.25, 0.3) is 0 Å². The first-order valence-corrected chi connectivity index (χ1v) is 8.79. The molecule has 1 aliphatic heterocycles. The summed E-state index contributed by atoms with van der Waals surface area (Å²) in [7, 11) is 3.38. The van der Waals surface area contributed by atoms with E-state index in [1.54, 1.807) is 14.1 Å². The lowest BCUT2D eigenvalue weighted by atomic mass is 9.85. The van der Waals surface area contributed by atoms with Crippen molar-refractivity contribution in [2.45, 2.75) is 18.9 Å². The third kappa shape index (κ3) is 2.41. The van der Waals surface area contributed by atoms with Gasteiger partial charge in [0.1, 0.15) is 0 Å². The highest BCUT2D eigenvalue weighted by Gasteiger charge is 2.60. The van der Waals surface area contributed by atoms with Gasteiger partial charge in [-0.15, -0.1) is 0 Å². The van der Waals surface area contributed by atoms with E-state index in [0.717, 1.165) is 12.0 Å². The highest BCUT2D eigenvalue weighted by atomic mass is 16.2. The number of carbonyl (C=O) groups excluding carboxylic acids is 3. The van der Waals surface area contributed by atoms with E-state index in [2.05, 4.69) is 12.2 Å². The molecule has 5 unspecified atom stereocenters. The summed E-state index contributed by atoms with van der Waals surface area (Å²) in [5.74, 6) is -0.409. The number of nitrogens with zero attached hydrogens (tertiary/aromatic N) is 2. The van der Waals surface area contributed by atoms with Crippen LogP contribution in [0.1, 0.15) is 24.4 Å². The summed E-state index contributed by atoms with van der Waals surface area (Å²) in [5.41, 5.74) is 0.833. The molecule has 130 valence electrons. The first-order valence-electron chi connectivity index (χ1n) is 8.79. The summed E-state index contributed by atoms with van der Waals surface area (Å²) in [5, 5.41) is 0. The van der Waals surface area contributed by atoms with E-state index in [1.165, 1.54) is 9.80 Å². The Bertz CT molecular complexity index is 725. The van der Waals surface area contributed by atoms with Gasteiger partial charge in [-0.05, 0) is 23.8 Å². The molecule has 4 rings (SSSR count). The predicted octanol–water partition coefficient (Wildman–Crippen LogP) is 2.01. The van der Waals surface area contributed by atoms with E-state index in [1.807, 2.05) is 30.3 Å². The number of allylic oxidation sites excluding steroid dienone is 2. The van der Waals surface area contributed by atoms with Gasteiger partial charge in [0, 0.05) is 14.1 Å². The minimum Gasteiger partial charge on any atom is -0.349 e. The number of hydrogen-bond acceptors (Lipinski definition) is 3. The monoisotopic (exact) mass is 338 g/mol. The molecule has 0 spiro atoms. The molecule has 5 atom stereocenters. The zero-order valence-corrected chi connectivity index (χ0v) is 14.5. The molecule has 1 aromatic carbocycles. The van der Waals surface area contributed by atoms with Crippen molar-refractivity contribution in [3.63, 3.8) is 0 Å². The molecule has 0 N–H and O–H groups in total. The van der Waals surface area contributed by atoms with Crippen molar-refractivity contribution in [3.05, 3.63) is 48.0 Å². The zero-order chi connectivity index (χ0) is 17.7. The maximum absolute atomic E-state index is 13.1. The molecule has 1 saturated heterocycles. The molecule has 2 fully saturated rings. The second-order valence-electron chi connectivity index (χ2n) is 7.47. The Morgan fingerprint density at radius 2 is 1.64 bits per heavy atom. The molecule has 3 amide bonds. The number of benzene rings is 1. The summed E-state index contributed by atoms with van der Waals surface area (Å²) in [6.45, 7) is 0. The van der Waals surface area contributed by atoms with Crippen LogP contribution in [0.4, 0.5) is 0 Å². The van der Waals surface area contributed by atoms with Gasteiger partial charge in [0.25, 0.3) is 0 Å². The average molecular weight is 338 g/mol. The first-order chi connectivity index (χ1) is 12.0. The normalized spacial score (nSPS) is 30.7. The fraction of sp³-hybridized carbons (Fsp3) is 0.450. The van der Waals surface area contributed by atoms with Crippen LogP contribution in [0, 0.1) is 23.7 Å². The van der Waals surface area contributed by atoms with Crippen LogP contribution >= 0.6 is 0 Å². The lowest BCUT2D eigenvalue weighted by molar-refractivity contribution is -0.145. The number of rotatable bonds is 4. The molecule has 0 radical (unpaired) electrons. The van der Waals surface area contributed by atoms with Crippen LogP contribution < -0.4 is 0 Å². The second-order valence-corrected chi connectivity index (χ2v) is 7.47. The number of hydrogen-bond donors (Lipinski definition) is 0. The molecule has 2 bridgehead atoms. The molecule has 5 heteroatoms. The lowest BCUT2D eigenvalue weighted by Gasteiger charge is -2.28. The van der Waals surface area contributed by atoms with Crippen LogP contribution in [-0.4, -0.2) is 41.6 Å². The lowest BCUT2D eigenvalue weighted by Crippen LogP contribution is -2.39. The van der Waals surface area contributed by atoms with E-state index in [-0.39, 0.29) is 47.8 Å². The van der Waals surface area contributed by atoms with E-state index < -0.39 is 6.04 Å². The van der Waals surface area contributed by atoms with E-state index in [4.69, 9.17) is 0 Å². The zero-order valence-electron chi connectivity index (χ0n) is 14.5. The second kappa shape index (κ2) is 5.83. The molecular weight excluding hydrogens is 316 g/mol. The highest BCUT2D eigenvalue weighted by molar-refractivity contribution is 6.07. The average Bonchev–Trinajstić information content (AvgIpc) is 3.28. The van der Waals surface area contributed by atoms with E-state index in [0.29, 0.717) is 0 Å². The van der Waals surface area contributed by atoms with Crippen molar-refractivity contribution in [3.8, 4) is 0 Å². The minimum atomic E-state index is -0.527. The van der Waals surface area contributed by atoms with Gasteiger partial charge in [-0.1, -0.05) is 42.5 Å². The minimum absolute atomic E-state index is 0.0902. The standard InChI is InChI=1S/C20H22N2O3/c1-21(2)16(23)11-15(12-6-4-3-5-7-12)22-19(24)17-13-8-9-14(10-13)18(17)20(22)25/h3-9,13-15,17-18H,10-11H2,1-2H3. The van der Waals surface area contributed by atoms with Gasteiger partial charge in [0.2, 0.25) is 17.7 Å². The number of likely N-dealkylation sites (tertiary alicyclic amines) is 1. The van der Waals surface area contributed by atoms with Crippen LogP contribution in [-0.2, 0) is 14.4 Å². The first kappa shape index (κ1) is 16.1. The van der Waals surface area contributed by atoms with Crippen LogP contribution in [0.5, 0.6) is 0 Å². The Morgan fingerprint density at radius 3 is 2.16 bits per heavy atom. The fourth-order valence-electron chi connectivity index (χ4n) is 4.61. The van der Waals surface area contributed by atoms with Crippen LogP contribution in [0.3, 0.4) is 0 Å². The van der Waals surface area contributed by atoms with Gasteiger partial charge >= 0.3 is 0 Å². The Morgan fingerprint density at radius 1 is 1.08 bits per heavy atom. The van der Waals surface area contributed by atoms with Crippen molar-refractivity contribution in [1.82, 2.24) is 9.80 Å².